The minimum atomic E-state index is 0.560. The van der Waals surface area contributed by atoms with E-state index in [1.54, 1.807) is 0 Å². The molecule has 0 fully saturated rings. The van der Waals surface area contributed by atoms with Crippen molar-refractivity contribution in [1.82, 2.24) is 0 Å². The molecule has 0 aliphatic heterocycles. The largest absolute Gasteiger partial charge is 0.491 e. The first-order chi connectivity index (χ1) is 10.9. The molecule has 1 aromatic rings. The second kappa shape index (κ2) is 14.8. The minimum Gasteiger partial charge on any atom is -0.491 e. The molecule has 0 aliphatic rings. The quantitative estimate of drug-likeness (QED) is 0.463. The lowest BCUT2D eigenvalue weighted by atomic mass is 10.2. The van der Waals surface area contributed by atoms with Gasteiger partial charge in [0.25, 0.3) is 0 Å². The Hall–Kier alpha value is -1.10. The fourth-order valence-electron chi connectivity index (χ4n) is 1.91. The summed E-state index contributed by atoms with van der Waals surface area (Å²) in [4.78, 5) is 0. The third-order valence-corrected chi connectivity index (χ3v) is 3.13. The molecule has 0 unspecified atom stereocenters. The van der Waals surface area contributed by atoms with Gasteiger partial charge >= 0.3 is 0 Å². The van der Waals surface area contributed by atoms with Crippen molar-refractivity contribution in [1.29, 1.82) is 0 Å². The van der Waals surface area contributed by atoms with Gasteiger partial charge in [0.2, 0.25) is 0 Å². The average molecular weight is 310 g/mol. The van der Waals surface area contributed by atoms with Gasteiger partial charge < -0.3 is 18.9 Å². The Morgan fingerprint density at radius 3 is 1.86 bits per heavy atom. The van der Waals surface area contributed by atoms with Gasteiger partial charge in [-0.05, 0) is 18.6 Å². The van der Waals surface area contributed by atoms with Crippen LogP contribution in [-0.2, 0) is 14.2 Å². The summed E-state index contributed by atoms with van der Waals surface area (Å²) in [7, 11) is 0. The van der Waals surface area contributed by atoms with E-state index >= 15 is 0 Å². The number of hydrogen-bond donors (Lipinski definition) is 0. The van der Waals surface area contributed by atoms with E-state index in [2.05, 4.69) is 6.92 Å². The molecular formula is C18H30O4. The zero-order valence-corrected chi connectivity index (χ0v) is 13.8. The molecule has 0 radical (unpaired) electrons. The zero-order chi connectivity index (χ0) is 15.7. The average Bonchev–Trinajstić information content (AvgIpc) is 2.56. The lowest BCUT2D eigenvalue weighted by molar-refractivity contribution is 0.00879. The summed E-state index contributed by atoms with van der Waals surface area (Å²) in [5.74, 6) is 0.874. The molecule has 0 spiro atoms. The normalized spacial score (nSPS) is 10.8. The van der Waals surface area contributed by atoms with Crippen molar-refractivity contribution in [3.8, 4) is 5.75 Å². The molecule has 22 heavy (non-hydrogen) atoms. The van der Waals surface area contributed by atoms with Crippen molar-refractivity contribution in [2.45, 2.75) is 32.6 Å². The first-order valence-electron chi connectivity index (χ1n) is 8.34. The molecule has 0 heterocycles. The van der Waals surface area contributed by atoms with Gasteiger partial charge in [-0.3, -0.25) is 0 Å². The van der Waals surface area contributed by atoms with Crippen molar-refractivity contribution < 1.29 is 18.9 Å². The summed E-state index contributed by atoms with van der Waals surface area (Å²) in [5.41, 5.74) is 0. The maximum atomic E-state index is 5.52. The first-order valence-corrected chi connectivity index (χ1v) is 8.34. The third-order valence-electron chi connectivity index (χ3n) is 3.13. The van der Waals surface area contributed by atoms with Crippen LogP contribution in [0.2, 0.25) is 0 Å². The summed E-state index contributed by atoms with van der Waals surface area (Å²) in [6.45, 7) is 6.69. The Morgan fingerprint density at radius 1 is 0.636 bits per heavy atom. The van der Waals surface area contributed by atoms with Crippen LogP contribution in [0.15, 0.2) is 30.3 Å². The van der Waals surface area contributed by atoms with Crippen molar-refractivity contribution in [3.05, 3.63) is 30.3 Å². The summed E-state index contributed by atoms with van der Waals surface area (Å²) in [6.07, 6.45) is 4.97. The zero-order valence-electron chi connectivity index (χ0n) is 13.8. The third kappa shape index (κ3) is 11.5. The molecule has 0 bridgehead atoms. The Kier molecular flexibility index (Phi) is 12.8. The summed E-state index contributed by atoms with van der Waals surface area (Å²) >= 11 is 0. The van der Waals surface area contributed by atoms with Crippen molar-refractivity contribution >= 4 is 0 Å². The van der Waals surface area contributed by atoms with E-state index in [1.807, 2.05) is 30.3 Å². The van der Waals surface area contributed by atoms with Crippen LogP contribution in [0.1, 0.15) is 32.6 Å². The van der Waals surface area contributed by atoms with Crippen LogP contribution in [0.5, 0.6) is 5.75 Å². The molecule has 0 N–H and O–H groups in total. The van der Waals surface area contributed by atoms with Crippen molar-refractivity contribution in [2.75, 3.05) is 46.2 Å². The van der Waals surface area contributed by atoms with Gasteiger partial charge in [0, 0.05) is 6.61 Å². The van der Waals surface area contributed by atoms with Crippen LogP contribution in [0.25, 0.3) is 0 Å². The van der Waals surface area contributed by atoms with Gasteiger partial charge in [-0.1, -0.05) is 44.4 Å². The second-order valence-electron chi connectivity index (χ2n) is 5.06. The van der Waals surface area contributed by atoms with E-state index in [0.29, 0.717) is 39.6 Å². The van der Waals surface area contributed by atoms with E-state index in [9.17, 15) is 0 Å². The molecule has 0 atom stereocenters. The molecule has 1 aromatic carbocycles. The Morgan fingerprint density at radius 2 is 1.23 bits per heavy atom. The predicted molar refractivity (Wildman–Crippen MR) is 88.5 cm³/mol. The van der Waals surface area contributed by atoms with Gasteiger partial charge in [0.05, 0.1) is 33.0 Å². The van der Waals surface area contributed by atoms with Crippen LogP contribution in [0.4, 0.5) is 0 Å². The standard InChI is InChI=1S/C18H30O4/c1-2-3-4-8-11-19-12-13-20-14-15-21-16-17-22-18-9-6-5-7-10-18/h5-7,9-10H,2-4,8,11-17H2,1H3. The molecule has 0 aromatic heterocycles. The Balaban J connectivity index is 1.73. The molecule has 1 rings (SSSR count). The predicted octanol–water partition coefficient (Wildman–Crippen LogP) is 3.70. The Labute approximate surface area is 134 Å². The van der Waals surface area contributed by atoms with E-state index in [4.69, 9.17) is 18.9 Å². The summed E-state index contributed by atoms with van der Waals surface area (Å²) in [5, 5.41) is 0. The van der Waals surface area contributed by atoms with Gasteiger partial charge in [-0.2, -0.15) is 0 Å². The molecule has 126 valence electrons. The summed E-state index contributed by atoms with van der Waals surface area (Å²) in [6, 6.07) is 9.75. The lowest BCUT2D eigenvalue weighted by Crippen LogP contribution is -2.12. The van der Waals surface area contributed by atoms with E-state index < -0.39 is 0 Å². The lowest BCUT2D eigenvalue weighted by Gasteiger charge is -2.08. The number of ether oxygens (including phenoxy) is 4. The van der Waals surface area contributed by atoms with Crippen LogP contribution in [0.3, 0.4) is 0 Å². The van der Waals surface area contributed by atoms with Crippen LogP contribution in [0, 0.1) is 0 Å². The molecule has 0 amide bonds. The van der Waals surface area contributed by atoms with E-state index in [1.165, 1.54) is 19.3 Å². The van der Waals surface area contributed by atoms with Crippen LogP contribution >= 0.6 is 0 Å². The first kappa shape index (κ1) is 18.9. The fraction of sp³-hybridized carbons (Fsp3) is 0.667. The van der Waals surface area contributed by atoms with Gasteiger partial charge in [0.15, 0.2) is 0 Å². The van der Waals surface area contributed by atoms with E-state index in [-0.39, 0.29) is 0 Å². The van der Waals surface area contributed by atoms with Crippen molar-refractivity contribution in [2.24, 2.45) is 0 Å². The highest BCUT2D eigenvalue weighted by atomic mass is 16.6. The number of hydrogen-bond acceptors (Lipinski definition) is 4. The molecule has 4 nitrogen and oxygen atoms in total. The highest BCUT2D eigenvalue weighted by Gasteiger charge is 1.94. The fourth-order valence-corrected chi connectivity index (χ4v) is 1.91. The maximum Gasteiger partial charge on any atom is 0.119 e. The number of rotatable bonds is 15. The molecule has 4 heteroatoms. The van der Waals surface area contributed by atoms with Crippen LogP contribution < -0.4 is 4.74 Å². The minimum absolute atomic E-state index is 0.560. The Bertz CT molecular complexity index is 329. The topological polar surface area (TPSA) is 36.9 Å². The number of unbranched alkanes of at least 4 members (excludes halogenated alkanes) is 3. The van der Waals surface area contributed by atoms with Crippen LogP contribution in [-0.4, -0.2) is 46.2 Å². The van der Waals surface area contributed by atoms with Crippen molar-refractivity contribution in [3.63, 3.8) is 0 Å². The van der Waals surface area contributed by atoms with Gasteiger partial charge in [-0.25, -0.2) is 0 Å². The smallest absolute Gasteiger partial charge is 0.119 e. The van der Waals surface area contributed by atoms with E-state index in [0.717, 1.165) is 18.8 Å². The monoisotopic (exact) mass is 310 g/mol. The molecule has 0 saturated carbocycles. The second-order valence-corrected chi connectivity index (χ2v) is 5.06. The molecule has 0 saturated heterocycles. The van der Waals surface area contributed by atoms with Gasteiger partial charge in [-0.15, -0.1) is 0 Å². The SMILES string of the molecule is CCCCCCOCCOCCOCCOc1ccccc1. The maximum absolute atomic E-state index is 5.52. The molecular weight excluding hydrogens is 280 g/mol. The highest BCUT2D eigenvalue weighted by molar-refractivity contribution is 5.20. The van der Waals surface area contributed by atoms with Gasteiger partial charge in [0.1, 0.15) is 12.4 Å². The molecule has 0 aliphatic carbocycles. The number of para-hydroxylation sites is 1. The number of benzene rings is 1. The summed E-state index contributed by atoms with van der Waals surface area (Å²) < 4.78 is 21.9. The highest BCUT2D eigenvalue weighted by Crippen LogP contribution is 2.07.